The van der Waals surface area contributed by atoms with E-state index >= 15 is 0 Å². The van der Waals surface area contributed by atoms with Gasteiger partial charge in [0.2, 0.25) is 5.65 Å². The average Bonchev–Trinajstić information content (AvgIpc) is 2.95. The molecule has 1 fully saturated rings. The number of nitrogens with one attached hydrogen (secondary N) is 1. The number of nitrogens with zero attached hydrogens (tertiary/aromatic N) is 4. The van der Waals surface area contributed by atoms with Crippen LogP contribution in [0, 0.1) is 0 Å². The predicted octanol–water partition coefficient (Wildman–Crippen LogP) is 2.60. The van der Waals surface area contributed by atoms with E-state index in [1.807, 2.05) is 22.4 Å². The molecule has 0 bridgehead atoms. The minimum Gasteiger partial charge on any atom is -0.366 e. The average molecular weight is 277 g/mol. The predicted molar refractivity (Wildman–Crippen MR) is 78.6 cm³/mol. The Morgan fingerprint density at radius 3 is 3.00 bits per heavy atom. The maximum atomic E-state index is 4.39. The van der Waals surface area contributed by atoms with Gasteiger partial charge in [-0.2, -0.15) is 11.8 Å². The van der Waals surface area contributed by atoms with E-state index < -0.39 is 0 Å². The van der Waals surface area contributed by atoms with Gasteiger partial charge in [0.15, 0.2) is 5.82 Å². The van der Waals surface area contributed by atoms with Gasteiger partial charge in [-0.1, -0.05) is 19.3 Å². The van der Waals surface area contributed by atoms with E-state index in [4.69, 9.17) is 0 Å². The number of hydrogen-bond acceptors (Lipinski definition) is 5. The zero-order valence-corrected chi connectivity index (χ0v) is 12.0. The molecule has 6 heteroatoms. The summed E-state index contributed by atoms with van der Waals surface area (Å²) >= 11 is 1.99. The molecule has 3 rings (SSSR count). The molecule has 1 aliphatic rings. The molecular formula is C13H19N5S. The first-order valence-electron chi connectivity index (χ1n) is 6.76. The van der Waals surface area contributed by atoms with Gasteiger partial charge in [0.25, 0.3) is 0 Å². The lowest BCUT2D eigenvalue weighted by atomic mass is 9.88. The molecule has 0 amide bonds. The Morgan fingerprint density at radius 1 is 1.37 bits per heavy atom. The summed E-state index contributed by atoms with van der Waals surface area (Å²) in [7, 11) is 0. The quantitative estimate of drug-likeness (QED) is 0.931. The van der Waals surface area contributed by atoms with Crippen molar-refractivity contribution in [3.63, 3.8) is 0 Å². The summed E-state index contributed by atoms with van der Waals surface area (Å²) in [6.45, 7) is 0.952. The van der Waals surface area contributed by atoms with E-state index in [1.54, 1.807) is 12.5 Å². The van der Waals surface area contributed by atoms with Crippen molar-refractivity contribution >= 4 is 23.2 Å². The Labute approximate surface area is 117 Å². The fraction of sp³-hybridized carbons (Fsp3) is 0.615. The Balaban J connectivity index is 1.76. The molecule has 0 saturated heterocycles. The van der Waals surface area contributed by atoms with Gasteiger partial charge < -0.3 is 5.32 Å². The number of thioether (sulfide) groups is 1. The van der Waals surface area contributed by atoms with Crippen LogP contribution in [0.2, 0.25) is 0 Å². The van der Waals surface area contributed by atoms with Crippen LogP contribution in [-0.4, -0.2) is 37.1 Å². The van der Waals surface area contributed by atoms with Crippen LogP contribution >= 0.6 is 11.8 Å². The van der Waals surface area contributed by atoms with Crippen LogP contribution in [0.1, 0.15) is 32.1 Å². The van der Waals surface area contributed by atoms with E-state index in [0.29, 0.717) is 4.75 Å². The highest BCUT2D eigenvalue weighted by Gasteiger charge is 2.31. The second-order valence-electron chi connectivity index (χ2n) is 5.14. The molecule has 102 valence electrons. The molecule has 0 unspecified atom stereocenters. The van der Waals surface area contributed by atoms with Gasteiger partial charge in [-0.25, -0.2) is 4.98 Å². The second kappa shape index (κ2) is 5.36. The molecule has 1 saturated carbocycles. The van der Waals surface area contributed by atoms with Crippen LogP contribution in [0.15, 0.2) is 18.7 Å². The van der Waals surface area contributed by atoms with Crippen molar-refractivity contribution < 1.29 is 0 Å². The van der Waals surface area contributed by atoms with Crippen molar-refractivity contribution in [1.29, 1.82) is 0 Å². The summed E-state index contributed by atoms with van der Waals surface area (Å²) in [6.07, 6.45) is 14.2. The first-order chi connectivity index (χ1) is 9.33. The third-order valence-corrected chi connectivity index (χ3v) is 5.41. The highest BCUT2D eigenvalue weighted by Crippen LogP contribution is 2.38. The lowest BCUT2D eigenvalue weighted by Crippen LogP contribution is -2.35. The first-order valence-corrected chi connectivity index (χ1v) is 7.99. The standard InChI is InChI=1S/C13H19N5S/c1-19-13(5-3-2-4-6-13)9-15-11-12-17-16-10-18(12)8-7-14-11/h7-8,10H,2-6,9H2,1H3,(H,14,15). The van der Waals surface area contributed by atoms with Crippen molar-refractivity contribution in [2.75, 3.05) is 18.1 Å². The lowest BCUT2D eigenvalue weighted by Gasteiger charge is -2.36. The third kappa shape index (κ3) is 2.54. The van der Waals surface area contributed by atoms with Crippen molar-refractivity contribution in [3.05, 3.63) is 18.7 Å². The molecule has 0 radical (unpaired) electrons. The maximum Gasteiger partial charge on any atom is 0.203 e. The topological polar surface area (TPSA) is 55.1 Å². The zero-order chi connectivity index (χ0) is 13.1. The van der Waals surface area contributed by atoms with Gasteiger partial charge in [0.05, 0.1) is 0 Å². The maximum absolute atomic E-state index is 4.39. The fourth-order valence-corrected chi connectivity index (χ4v) is 3.69. The Hall–Kier alpha value is -1.30. The fourth-order valence-electron chi connectivity index (χ4n) is 2.78. The summed E-state index contributed by atoms with van der Waals surface area (Å²) in [5.41, 5.74) is 0.801. The molecule has 19 heavy (non-hydrogen) atoms. The van der Waals surface area contributed by atoms with Crippen LogP contribution in [-0.2, 0) is 0 Å². The Kier molecular flexibility index (Phi) is 3.59. The highest BCUT2D eigenvalue weighted by atomic mass is 32.2. The van der Waals surface area contributed by atoms with E-state index in [2.05, 4.69) is 26.8 Å². The molecule has 0 aromatic carbocycles. The second-order valence-corrected chi connectivity index (χ2v) is 6.41. The molecule has 0 spiro atoms. The van der Waals surface area contributed by atoms with Crippen molar-refractivity contribution in [2.45, 2.75) is 36.9 Å². The molecular weight excluding hydrogens is 258 g/mol. The van der Waals surface area contributed by atoms with Gasteiger partial charge in [0, 0.05) is 23.7 Å². The number of anilines is 1. The van der Waals surface area contributed by atoms with Gasteiger partial charge in [0.1, 0.15) is 6.33 Å². The molecule has 5 nitrogen and oxygen atoms in total. The summed E-state index contributed by atoms with van der Waals surface area (Å²) in [6, 6.07) is 0. The van der Waals surface area contributed by atoms with Gasteiger partial charge in [-0.15, -0.1) is 10.2 Å². The number of aromatic nitrogens is 4. The van der Waals surface area contributed by atoms with Crippen molar-refractivity contribution in [2.24, 2.45) is 0 Å². The van der Waals surface area contributed by atoms with Crippen LogP contribution in [0.25, 0.3) is 5.65 Å². The molecule has 1 aliphatic carbocycles. The first kappa shape index (κ1) is 12.7. The largest absolute Gasteiger partial charge is 0.366 e. The van der Waals surface area contributed by atoms with E-state index in [-0.39, 0.29) is 0 Å². The number of hydrogen-bond donors (Lipinski definition) is 1. The van der Waals surface area contributed by atoms with Crippen LogP contribution in [0.5, 0.6) is 0 Å². The van der Waals surface area contributed by atoms with E-state index in [0.717, 1.165) is 18.0 Å². The van der Waals surface area contributed by atoms with Crippen LogP contribution in [0.3, 0.4) is 0 Å². The highest BCUT2D eigenvalue weighted by molar-refractivity contribution is 8.00. The van der Waals surface area contributed by atoms with Gasteiger partial charge in [-0.3, -0.25) is 4.40 Å². The van der Waals surface area contributed by atoms with E-state index in [9.17, 15) is 0 Å². The minimum absolute atomic E-state index is 0.354. The Morgan fingerprint density at radius 2 is 2.21 bits per heavy atom. The molecule has 0 atom stereocenters. The van der Waals surface area contributed by atoms with Crippen molar-refractivity contribution in [3.8, 4) is 0 Å². The lowest BCUT2D eigenvalue weighted by molar-refractivity contribution is 0.411. The van der Waals surface area contributed by atoms with Gasteiger partial charge >= 0.3 is 0 Å². The monoisotopic (exact) mass is 277 g/mol. The van der Waals surface area contributed by atoms with Crippen LogP contribution < -0.4 is 5.32 Å². The van der Waals surface area contributed by atoms with E-state index in [1.165, 1.54) is 32.1 Å². The molecule has 2 aromatic heterocycles. The van der Waals surface area contributed by atoms with Gasteiger partial charge in [-0.05, 0) is 19.1 Å². The summed E-state index contributed by atoms with van der Waals surface area (Å²) < 4.78 is 2.24. The summed E-state index contributed by atoms with van der Waals surface area (Å²) in [5.74, 6) is 0.832. The molecule has 2 heterocycles. The minimum atomic E-state index is 0.354. The normalized spacial score (nSPS) is 18.6. The number of fused-ring (bicyclic) bond motifs is 1. The Bertz CT molecular complexity index is 547. The number of rotatable bonds is 4. The third-order valence-electron chi connectivity index (χ3n) is 3.99. The SMILES string of the molecule is CSC1(CNc2nccn3cnnc23)CCCCC1. The summed E-state index contributed by atoms with van der Waals surface area (Å²) in [4.78, 5) is 4.39. The van der Waals surface area contributed by atoms with Crippen LogP contribution in [0.4, 0.5) is 5.82 Å². The van der Waals surface area contributed by atoms with Crippen molar-refractivity contribution in [1.82, 2.24) is 19.6 Å². The zero-order valence-electron chi connectivity index (χ0n) is 11.2. The summed E-state index contributed by atoms with van der Waals surface area (Å²) in [5, 5.41) is 11.5. The molecule has 2 aromatic rings. The molecule has 0 aliphatic heterocycles. The smallest absolute Gasteiger partial charge is 0.203 e. The molecule has 1 N–H and O–H groups in total.